The molecule has 9 nitrogen and oxygen atoms in total. The molecule has 0 unspecified atom stereocenters. The summed E-state index contributed by atoms with van der Waals surface area (Å²) in [5.41, 5.74) is 2.19. The topological polar surface area (TPSA) is 101 Å². The first-order chi connectivity index (χ1) is 19.2. The summed E-state index contributed by atoms with van der Waals surface area (Å²) < 4.78 is 24.8. The van der Waals surface area contributed by atoms with Gasteiger partial charge >= 0.3 is 6.09 Å². The molecule has 1 amide bonds. The van der Waals surface area contributed by atoms with Crippen LogP contribution in [0.25, 0.3) is 11.3 Å². The Balaban J connectivity index is 1.12. The zero-order valence-corrected chi connectivity index (χ0v) is 23.7. The van der Waals surface area contributed by atoms with Gasteiger partial charge in [0.2, 0.25) is 0 Å². The molecule has 1 aliphatic carbocycles. The smallest absolute Gasteiger partial charge is 0.407 e. The summed E-state index contributed by atoms with van der Waals surface area (Å²) in [5, 5.41) is 7.18. The predicted octanol–water partition coefficient (Wildman–Crippen LogP) is 5.85. The Morgan fingerprint density at radius 1 is 1.23 bits per heavy atom. The first-order valence-corrected chi connectivity index (χ1v) is 14.1. The van der Waals surface area contributed by atoms with Crippen LogP contribution in [-0.4, -0.2) is 45.3 Å². The molecule has 2 aliphatic rings. The van der Waals surface area contributed by atoms with Gasteiger partial charge in [-0.2, -0.15) is 0 Å². The van der Waals surface area contributed by atoms with Gasteiger partial charge in [0.25, 0.3) is 0 Å². The van der Waals surface area contributed by atoms with Gasteiger partial charge in [0.1, 0.15) is 23.2 Å². The van der Waals surface area contributed by atoms with Crippen LogP contribution in [-0.2, 0) is 20.8 Å². The van der Waals surface area contributed by atoms with E-state index in [1.165, 1.54) is 0 Å². The molecule has 1 aromatic carbocycles. The molecule has 0 radical (unpaired) electrons. The Morgan fingerprint density at radius 2 is 2.02 bits per heavy atom. The van der Waals surface area contributed by atoms with E-state index >= 15 is 0 Å². The molecule has 2 atom stereocenters. The van der Waals surface area contributed by atoms with Crippen LogP contribution in [0.15, 0.2) is 47.2 Å². The zero-order chi connectivity index (χ0) is 28.1. The number of nitrogens with one attached hydrogen (secondary N) is 1. The number of carbonyl (C=O) groups excluding carboxylic acids is 1. The van der Waals surface area contributed by atoms with E-state index in [9.17, 15) is 4.79 Å². The largest absolute Gasteiger partial charge is 0.444 e. The van der Waals surface area contributed by atoms with Crippen molar-refractivity contribution in [1.82, 2.24) is 20.0 Å². The lowest BCUT2D eigenvalue weighted by Crippen LogP contribution is -2.45. The van der Waals surface area contributed by atoms with Crippen molar-refractivity contribution in [3.05, 3.63) is 59.8 Å². The number of alkyl carbamates (subject to hydrolysis) is 1. The molecule has 0 bridgehead atoms. The fourth-order valence-electron chi connectivity index (χ4n) is 4.85. The quantitative estimate of drug-likeness (QED) is 0.371. The van der Waals surface area contributed by atoms with Crippen molar-refractivity contribution in [3.8, 4) is 23.2 Å². The van der Waals surface area contributed by atoms with Crippen LogP contribution in [0, 0.1) is 17.8 Å². The van der Waals surface area contributed by atoms with Crippen molar-refractivity contribution >= 4 is 6.09 Å². The van der Waals surface area contributed by atoms with E-state index in [2.05, 4.69) is 27.3 Å². The van der Waals surface area contributed by atoms with Gasteiger partial charge in [-0.25, -0.2) is 9.78 Å². The second-order valence-corrected chi connectivity index (χ2v) is 11.5. The first-order valence-electron chi connectivity index (χ1n) is 14.1. The van der Waals surface area contributed by atoms with Gasteiger partial charge in [-0.3, -0.25) is 0 Å². The number of aromatic nitrogens is 3. The normalized spacial score (nSPS) is 21.6. The summed E-state index contributed by atoms with van der Waals surface area (Å²) in [6, 6.07) is 10.0. The molecule has 2 fully saturated rings. The number of rotatable bonds is 7. The van der Waals surface area contributed by atoms with Crippen LogP contribution >= 0.6 is 0 Å². The van der Waals surface area contributed by atoms with E-state index in [0.29, 0.717) is 12.3 Å². The molecule has 0 spiro atoms. The van der Waals surface area contributed by atoms with Gasteiger partial charge in [0.05, 0.1) is 6.54 Å². The summed E-state index contributed by atoms with van der Waals surface area (Å²) in [7, 11) is 0. The third-order valence-corrected chi connectivity index (χ3v) is 6.95. The average Bonchev–Trinajstić information content (AvgIpc) is 3.55. The second-order valence-electron chi connectivity index (χ2n) is 11.5. The number of hydrogen-bond donors (Lipinski definition) is 1. The van der Waals surface area contributed by atoms with Gasteiger partial charge in [-0.15, -0.1) is 0 Å². The molecule has 9 heteroatoms. The SMILES string of the molecule is C[C@H](O[C@H]1CCCCO1)c1nccn1Cc1cc(-c2ccc(C#CC3CC(NC(=O)OC(C)(C)C)C3)cc2)on1. The highest BCUT2D eigenvalue weighted by Gasteiger charge is 2.30. The lowest BCUT2D eigenvalue weighted by atomic mass is 9.81. The van der Waals surface area contributed by atoms with E-state index in [0.717, 1.165) is 61.4 Å². The summed E-state index contributed by atoms with van der Waals surface area (Å²) in [6.07, 6.45) is 7.77. The van der Waals surface area contributed by atoms with Crippen molar-refractivity contribution in [3.63, 3.8) is 0 Å². The van der Waals surface area contributed by atoms with E-state index in [-0.39, 0.29) is 30.4 Å². The lowest BCUT2D eigenvalue weighted by molar-refractivity contribution is -0.188. The monoisotopic (exact) mass is 546 g/mol. The van der Waals surface area contributed by atoms with Crippen molar-refractivity contribution in [2.24, 2.45) is 5.92 Å². The standard InChI is InChI=1S/C31H38N4O5/c1-21(38-28-7-5-6-16-37-28)29-32-14-15-35(29)20-26-19-27(40-34-26)24-12-10-22(11-13-24)8-9-23-17-25(18-23)33-30(36)39-31(2,3)4/h10-15,19,21,23,25,28H,5-7,16-18,20H2,1-4H3,(H,33,36)/t21-,23?,25?,28-/m0/s1. The number of amides is 1. The van der Waals surface area contributed by atoms with Crippen LogP contribution in [0.3, 0.4) is 0 Å². The first kappa shape index (κ1) is 27.9. The number of benzene rings is 1. The average molecular weight is 547 g/mol. The Labute approximate surface area is 235 Å². The molecule has 1 N–H and O–H groups in total. The second kappa shape index (κ2) is 12.3. The maximum Gasteiger partial charge on any atom is 0.407 e. The third-order valence-electron chi connectivity index (χ3n) is 6.95. The fourth-order valence-corrected chi connectivity index (χ4v) is 4.85. The van der Waals surface area contributed by atoms with Crippen molar-refractivity contribution in [1.29, 1.82) is 0 Å². The van der Waals surface area contributed by atoms with Crippen LogP contribution in [0.1, 0.15) is 83.0 Å². The minimum absolute atomic E-state index is 0.122. The van der Waals surface area contributed by atoms with E-state index < -0.39 is 5.60 Å². The predicted molar refractivity (Wildman–Crippen MR) is 149 cm³/mol. The minimum Gasteiger partial charge on any atom is -0.444 e. The highest BCUT2D eigenvalue weighted by molar-refractivity contribution is 5.68. The maximum absolute atomic E-state index is 11.9. The van der Waals surface area contributed by atoms with Crippen LogP contribution < -0.4 is 5.32 Å². The summed E-state index contributed by atoms with van der Waals surface area (Å²) in [6.45, 7) is 8.86. The van der Waals surface area contributed by atoms with Gasteiger partial charge in [0, 0.05) is 48.2 Å². The molecule has 212 valence electrons. The van der Waals surface area contributed by atoms with Crippen molar-refractivity contribution in [2.45, 2.75) is 90.4 Å². The summed E-state index contributed by atoms with van der Waals surface area (Å²) in [5.74, 6) is 8.36. The number of nitrogens with zero attached hydrogens (tertiary/aromatic N) is 3. The molecule has 5 rings (SSSR count). The van der Waals surface area contributed by atoms with Gasteiger partial charge in [-0.1, -0.05) is 17.0 Å². The lowest BCUT2D eigenvalue weighted by Gasteiger charge is -2.33. The summed E-state index contributed by atoms with van der Waals surface area (Å²) in [4.78, 5) is 16.4. The summed E-state index contributed by atoms with van der Waals surface area (Å²) >= 11 is 0. The van der Waals surface area contributed by atoms with Crippen LogP contribution in [0.5, 0.6) is 0 Å². The fraction of sp³-hybridized carbons (Fsp3) is 0.516. The Morgan fingerprint density at radius 3 is 2.75 bits per heavy atom. The number of ether oxygens (including phenoxy) is 3. The van der Waals surface area contributed by atoms with Crippen molar-refractivity contribution in [2.75, 3.05) is 6.61 Å². The number of hydrogen-bond acceptors (Lipinski definition) is 7. The van der Waals surface area contributed by atoms with Crippen molar-refractivity contribution < 1.29 is 23.5 Å². The van der Waals surface area contributed by atoms with Gasteiger partial charge < -0.3 is 28.6 Å². The van der Waals surface area contributed by atoms with Crippen LogP contribution in [0.4, 0.5) is 4.79 Å². The molecular weight excluding hydrogens is 508 g/mol. The van der Waals surface area contributed by atoms with E-state index in [1.54, 1.807) is 6.20 Å². The third kappa shape index (κ3) is 7.52. The molecule has 3 aromatic rings. The number of imidazole rings is 1. The highest BCUT2D eigenvalue weighted by atomic mass is 16.7. The van der Waals surface area contributed by atoms with E-state index in [1.807, 2.05) is 68.8 Å². The Kier molecular flexibility index (Phi) is 8.57. The van der Waals surface area contributed by atoms with E-state index in [4.69, 9.17) is 18.7 Å². The molecule has 2 aromatic heterocycles. The Hall–Kier alpha value is -3.61. The molecule has 1 saturated carbocycles. The van der Waals surface area contributed by atoms with Crippen LogP contribution in [0.2, 0.25) is 0 Å². The maximum atomic E-state index is 11.9. The zero-order valence-electron chi connectivity index (χ0n) is 23.7. The molecule has 3 heterocycles. The van der Waals surface area contributed by atoms with Gasteiger partial charge in [-0.05, 0) is 84.1 Å². The molecule has 40 heavy (non-hydrogen) atoms. The molecule has 1 aliphatic heterocycles. The highest BCUT2D eigenvalue weighted by Crippen LogP contribution is 2.28. The minimum atomic E-state index is -0.492. The number of carbonyl (C=O) groups is 1. The van der Waals surface area contributed by atoms with Gasteiger partial charge in [0.15, 0.2) is 12.1 Å². The molecular formula is C31H38N4O5. The molecule has 1 saturated heterocycles. The Bertz CT molecular complexity index is 1330.